The van der Waals surface area contributed by atoms with E-state index in [0.29, 0.717) is 34.4 Å². The van der Waals surface area contributed by atoms with Crippen LogP contribution in [0.1, 0.15) is 31.4 Å². The molecule has 29 heavy (non-hydrogen) atoms. The summed E-state index contributed by atoms with van der Waals surface area (Å²) in [7, 11) is 0. The second kappa shape index (κ2) is 7.15. The second-order valence-corrected chi connectivity index (χ2v) is 8.95. The van der Waals surface area contributed by atoms with Crippen molar-refractivity contribution in [2.24, 2.45) is 5.92 Å². The van der Waals surface area contributed by atoms with Crippen LogP contribution in [-0.2, 0) is 4.79 Å². The number of nitrogens with one attached hydrogen (secondary N) is 1. The van der Waals surface area contributed by atoms with E-state index in [2.05, 4.69) is 24.1 Å². The number of halogens is 1. The number of rotatable bonds is 3. The predicted molar refractivity (Wildman–Crippen MR) is 114 cm³/mol. The van der Waals surface area contributed by atoms with Crippen molar-refractivity contribution < 1.29 is 9.59 Å². The first-order chi connectivity index (χ1) is 13.8. The highest BCUT2D eigenvalue weighted by Gasteiger charge is 2.62. The minimum absolute atomic E-state index is 0.0422. The molecule has 1 N–H and O–H groups in total. The molecule has 0 aliphatic carbocycles. The molecule has 4 rings (SSSR count). The number of likely N-dealkylation sites (tertiary alicyclic amines) is 1. The minimum atomic E-state index is -0.547. The van der Waals surface area contributed by atoms with Gasteiger partial charge in [-0.1, -0.05) is 25.4 Å². The average Bonchev–Trinajstić information content (AvgIpc) is 3.34. The third-order valence-corrected chi connectivity index (χ3v) is 6.77. The largest absolute Gasteiger partial charge is 0.362 e. The summed E-state index contributed by atoms with van der Waals surface area (Å²) in [5, 5.41) is 13.3. The first-order valence-electron chi connectivity index (χ1n) is 9.66. The van der Waals surface area contributed by atoms with Crippen LogP contribution in [0, 0.1) is 24.2 Å². The number of amides is 3. The molecule has 2 unspecified atom stereocenters. The topological polar surface area (TPSA) is 79.7 Å². The Bertz CT molecular complexity index is 959. The lowest BCUT2D eigenvalue weighted by atomic mass is 10.1. The Morgan fingerprint density at radius 2 is 2.14 bits per heavy atom. The summed E-state index contributed by atoms with van der Waals surface area (Å²) in [5.41, 5.74) is 1.30. The Labute approximate surface area is 180 Å². The summed E-state index contributed by atoms with van der Waals surface area (Å²) >= 11 is 11.8. The Hall–Kier alpha value is -2.37. The molecule has 3 amide bonds. The van der Waals surface area contributed by atoms with Gasteiger partial charge >= 0.3 is 6.03 Å². The quantitative estimate of drug-likeness (QED) is 0.585. The number of thiocarbonyl (C=S) groups is 1. The second-order valence-electron chi connectivity index (χ2n) is 8.18. The van der Waals surface area contributed by atoms with Gasteiger partial charge < -0.3 is 15.1 Å². The molecule has 1 aromatic carbocycles. The van der Waals surface area contributed by atoms with Gasteiger partial charge in [0.1, 0.15) is 12.1 Å². The molecule has 2 bridgehead atoms. The Kier molecular flexibility index (Phi) is 4.91. The molecule has 3 heterocycles. The number of urea groups is 1. The smallest absolute Gasteiger partial charge is 0.332 e. The van der Waals surface area contributed by atoms with Crippen molar-refractivity contribution in [2.45, 2.75) is 45.3 Å². The van der Waals surface area contributed by atoms with Crippen LogP contribution in [0.3, 0.4) is 0 Å². The van der Waals surface area contributed by atoms with Gasteiger partial charge in [-0.2, -0.15) is 5.26 Å². The first-order valence-corrected chi connectivity index (χ1v) is 10.4. The van der Waals surface area contributed by atoms with Gasteiger partial charge in [-0.15, -0.1) is 0 Å². The number of imide groups is 1. The number of hydrogen-bond acceptors (Lipinski definition) is 4. The van der Waals surface area contributed by atoms with Gasteiger partial charge in [-0.3, -0.25) is 4.79 Å². The van der Waals surface area contributed by atoms with Crippen LogP contribution in [0.25, 0.3) is 0 Å². The predicted octanol–water partition coefficient (Wildman–Crippen LogP) is 2.64. The van der Waals surface area contributed by atoms with Crippen molar-refractivity contribution in [2.75, 3.05) is 18.0 Å². The molecule has 0 saturated carbocycles. The molecule has 3 fully saturated rings. The lowest BCUT2D eigenvalue weighted by Crippen LogP contribution is -2.57. The van der Waals surface area contributed by atoms with Crippen LogP contribution in [0.15, 0.2) is 12.1 Å². The van der Waals surface area contributed by atoms with Gasteiger partial charge in [0.15, 0.2) is 5.11 Å². The Morgan fingerprint density at radius 1 is 1.41 bits per heavy atom. The fourth-order valence-corrected chi connectivity index (χ4v) is 5.00. The maximum Gasteiger partial charge on any atom is 0.332 e. The molecule has 3 saturated heterocycles. The molecular weight excluding hydrogens is 410 g/mol. The van der Waals surface area contributed by atoms with Gasteiger partial charge in [0.25, 0.3) is 5.91 Å². The van der Waals surface area contributed by atoms with Crippen molar-refractivity contribution in [3.05, 3.63) is 28.3 Å². The molecule has 0 spiro atoms. The van der Waals surface area contributed by atoms with E-state index in [1.165, 1.54) is 4.90 Å². The molecule has 3 aliphatic heterocycles. The zero-order valence-corrected chi connectivity index (χ0v) is 18.0. The number of carbonyl (C=O) groups excluding carboxylic acids is 2. The lowest BCUT2D eigenvalue weighted by molar-refractivity contribution is -0.120. The van der Waals surface area contributed by atoms with E-state index in [4.69, 9.17) is 29.1 Å². The molecule has 3 aliphatic rings. The maximum atomic E-state index is 13.3. The lowest BCUT2D eigenvalue weighted by Gasteiger charge is -2.36. The molecule has 1 aromatic rings. The van der Waals surface area contributed by atoms with Crippen LogP contribution < -0.4 is 10.2 Å². The summed E-state index contributed by atoms with van der Waals surface area (Å²) in [5.74, 6) is 0.196. The number of fused-ring (bicyclic) bond motifs is 5. The number of hydrogen-bond donors (Lipinski definition) is 1. The van der Waals surface area contributed by atoms with Crippen molar-refractivity contribution >= 4 is 46.6 Å². The number of nitriles is 1. The van der Waals surface area contributed by atoms with E-state index < -0.39 is 6.04 Å². The van der Waals surface area contributed by atoms with Crippen LogP contribution >= 0.6 is 23.8 Å². The highest BCUT2D eigenvalue weighted by atomic mass is 35.5. The highest BCUT2D eigenvalue weighted by molar-refractivity contribution is 7.80. The van der Waals surface area contributed by atoms with Gasteiger partial charge in [0.05, 0.1) is 28.4 Å². The molecular formula is C20H22ClN5O2S. The van der Waals surface area contributed by atoms with Crippen molar-refractivity contribution in [1.29, 1.82) is 5.26 Å². The number of benzene rings is 1. The van der Waals surface area contributed by atoms with Crippen LogP contribution in [-0.4, -0.2) is 58.1 Å². The monoisotopic (exact) mass is 431 g/mol. The third-order valence-electron chi connectivity index (χ3n) is 5.91. The van der Waals surface area contributed by atoms with E-state index in [-0.39, 0.29) is 29.0 Å². The number of piperazine rings is 1. The van der Waals surface area contributed by atoms with Gasteiger partial charge in [-0.05, 0) is 49.2 Å². The fourth-order valence-electron chi connectivity index (χ4n) is 4.51. The first kappa shape index (κ1) is 19.9. The number of anilines is 1. The SMILES string of the molecule is Cc1c(N2C(=O)C3C4C[C@H](CN4C(=S)NCC(C)C)N3C2=O)ccc(C#N)c1Cl. The van der Waals surface area contributed by atoms with Crippen molar-refractivity contribution in [3.63, 3.8) is 0 Å². The molecule has 7 nitrogen and oxygen atoms in total. The third kappa shape index (κ3) is 2.95. The minimum Gasteiger partial charge on any atom is -0.362 e. The fraction of sp³-hybridized carbons (Fsp3) is 0.500. The van der Waals surface area contributed by atoms with Gasteiger partial charge in [0, 0.05) is 13.1 Å². The molecule has 3 atom stereocenters. The van der Waals surface area contributed by atoms with Crippen molar-refractivity contribution in [1.82, 2.24) is 15.1 Å². The zero-order valence-electron chi connectivity index (χ0n) is 16.5. The maximum absolute atomic E-state index is 13.3. The number of nitrogens with zero attached hydrogens (tertiary/aromatic N) is 4. The average molecular weight is 432 g/mol. The molecule has 9 heteroatoms. The summed E-state index contributed by atoms with van der Waals surface area (Å²) in [6.45, 7) is 7.33. The zero-order chi connectivity index (χ0) is 21.0. The van der Waals surface area contributed by atoms with Crippen LogP contribution in [0.2, 0.25) is 5.02 Å². The standard InChI is InChI=1S/C20H22ClN5O2S/c1-10(2)8-23-19(29)24-9-13-6-15(24)17-18(27)26(20(28)25(13)17)14-5-4-12(7-22)16(21)11(14)3/h4-5,10,13,15,17H,6,8-9H2,1-3H3,(H,23,29)/t13-,15?,17?/m1/s1. The van der Waals surface area contributed by atoms with Crippen LogP contribution in [0.5, 0.6) is 0 Å². The summed E-state index contributed by atoms with van der Waals surface area (Å²) in [6, 6.07) is 4.15. The van der Waals surface area contributed by atoms with Crippen molar-refractivity contribution in [3.8, 4) is 6.07 Å². The molecule has 0 aromatic heterocycles. The summed E-state index contributed by atoms with van der Waals surface area (Å²) in [4.78, 5) is 31.4. The van der Waals surface area contributed by atoms with E-state index in [1.54, 1.807) is 24.0 Å². The molecule has 0 radical (unpaired) electrons. The normalized spacial score (nSPS) is 25.1. The molecule has 152 valence electrons. The Balaban J connectivity index is 1.61. The summed E-state index contributed by atoms with van der Waals surface area (Å²) < 4.78 is 0. The van der Waals surface area contributed by atoms with E-state index in [9.17, 15) is 9.59 Å². The van der Waals surface area contributed by atoms with E-state index >= 15 is 0 Å². The Morgan fingerprint density at radius 3 is 2.79 bits per heavy atom. The summed E-state index contributed by atoms with van der Waals surface area (Å²) in [6.07, 6.45) is 0.743. The van der Waals surface area contributed by atoms with E-state index in [0.717, 1.165) is 13.0 Å². The number of carbonyl (C=O) groups is 2. The highest BCUT2D eigenvalue weighted by Crippen LogP contribution is 2.43. The van der Waals surface area contributed by atoms with Gasteiger partial charge in [0.2, 0.25) is 0 Å². The van der Waals surface area contributed by atoms with Crippen LogP contribution in [0.4, 0.5) is 10.5 Å². The van der Waals surface area contributed by atoms with Gasteiger partial charge in [-0.25, -0.2) is 9.69 Å². The van der Waals surface area contributed by atoms with E-state index in [1.807, 2.05) is 6.07 Å².